The molecule has 104 valence electrons. The molecule has 0 saturated carbocycles. The number of nitrogens with two attached hydrogens (primary N) is 1. The Morgan fingerprint density at radius 3 is 2.74 bits per heavy atom. The topological polar surface area (TPSA) is 42.2 Å². The van der Waals surface area contributed by atoms with Crippen LogP contribution in [0.1, 0.15) is 56.4 Å². The summed E-state index contributed by atoms with van der Waals surface area (Å²) >= 11 is 0. The molecule has 0 unspecified atom stereocenters. The highest BCUT2D eigenvalue weighted by Crippen LogP contribution is 2.36. The summed E-state index contributed by atoms with van der Waals surface area (Å²) in [4.78, 5) is 7.48. The molecule has 1 aromatic rings. The molecule has 0 aromatic carbocycles. The Morgan fingerprint density at radius 1 is 1.26 bits per heavy atom. The van der Waals surface area contributed by atoms with Crippen molar-refractivity contribution < 1.29 is 0 Å². The van der Waals surface area contributed by atoms with Gasteiger partial charge in [-0.25, -0.2) is 4.98 Å². The van der Waals surface area contributed by atoms with Crippen LogP contribution in [0, 0.1) is 0 Å². The molecule has 19 heavy (non-hydrogen) atoms. The lowest BCUT2D eigenvalue weighted by atomic mass is 9.94. The lowest BCUT2D eigenvalue weighted by molar-refractivity contribution is 0.511. The number of anilines is 1. The zero-order valence-electron chi connectivity index (χ0n) is 12.2. The van der Waals surface area contributed by atoms with Crippen molar-refractivity contribution in [2.45, 2.75) is 64.5 Å². The highest BCUT2D eigenvalue weighted by atomic mass is 15.3. The predicted octanol–water partition coefficient (Wildman–Crippen LogP) is 2.80. The van der Waals surface area contributed by atoms with Crippen molar-refractivity contribution in [3.05, 3.63) is 22.9 Å². The molecular weight excluding hydrogens is 234 g/mol. The first-order valence-corrected chi connectivity index (χ1v) is 7.61. The number of hydrogen-bond acceptors (Lipinski definition) is 3. The zero-order chi connectivity index (χ0) is 13.5. The number of hydrogen-bond donors (Lipinski definition) is 1. The molecule has 0 spiro atoms. The monoisotopic (exact) mass is 259 g/mol. The largest absolute Gasteiger partial charge is 0.351 e. The van der Waals surface area contributed by atoms with Crippen LogP contribution in [-0.2, 0) is 19.4 Å². The van der Waals surface area contributed by atoms with Crippen molar-refractivity contribution >= 4 is 5.82 Å². The molecule has 2 heterocycles. The quantitative estimate of drug-likeness (QED) is 0.888. The number of aromatic nitrogens is 1. The maximum Gasteiger partial charge on any atom is 0.133 e. The van der Waals surface area contributed by atoms with Gasteiger partial charge in [0.2, 0.25) is 0 Å². The Kier molecular flexibility index (Phi) is 3.25. The van der Waals surface area contributed by atoms with Gasteiger partial charge in [-0.05, 0) is 64.0 Å². The van der Waals surface area contributed by atoms with Crippen LogP contribution in [0.15, 0.2) is 6.07 Å². The van der Waals surface area contributed by atoms with Gasteiger partial charge in [-0.3, -0.25) is 0 Å². The van der Waals surface area contributed by atoms with E-state index in [4.69, 9.17) is 10.7 Å². The van der Waals surface area contributed by atoms with Gasteiger partial charge in [-0.1, -0.05) is 0 Å². The summed E-state index contributed by atoms with van der Waals surface area (Å²) in [6.45, 7) is 6.36. The van der Waals surface area contributed by atoms with Crippen LogP contribution < -0.4 is 10.6 Å². The molecule has 1 aromatic heterocycles. The Bertz CT molecular complexity index is 479. The van der Waals surface area contributed by atoms with E-state index >= 15 is 0 Å². The van der Waals surface area contributed by atoms with Crippen LogP contribution in [0.5, 0.6) is 0 Å². The van der Waals surface area contributed by atoms with Crippen LogP contribution in [-0.4, -0.2) is 17.1 Å². The molecule has 0 amide bonds. The lowest BCUT2D eigenvalue weighted by Crippen LogP contribution is -2.39. The minimum absolute atomic E-state index is 0.222. The van der Waals surface area contributed by atoms with E-state index in [1.165, 1.54) is 48.9 Å². The number of pyridine rings is 1. The highest BCUT2D eigenvalue weighted by Gasteiger charge is 2.34. The second-order valence-corrected chi connectivity index (χ2v) is 6.56. The van der Waals surface area contributed by atoms with Crippen molar-refractivity contribution in [2.24, 2.45) is 5.73 Å². The van der Waals surface area contributed by atoms with E-state index in [0.717, 1.165) is 18.8 Å². The third-order valence-corrected chi connectivity index (χ3v) is 4.73. The van der Waals surface area contributed by atoms with Crippen LogP contribution in [0.25, 0.3) is 0 Å². The molecule has 1 saturated heterocycles. The molecule has 2 N–H and O–H groups in total. The summed E-state index contributed by atoms with van der Waals surface area (Å²) < 4.78 is 0. The van der Waals surface area contributed by atoms with Gasteiger partial charge in [0.15, 0.2) is 0 Å². The summed E-state index contributed by atoms with van der Waals surface area (Å²) in [5.74, 6) is 1.16. The molecular formula is C16H25N3. The fourth-order valence-electron chi connectivity index (χ4n) is 3.55. The van der Waals surface area contributed by atoms with Crippen molar-refractivity contribution in [3.8, 4) is 0 Å². The van der Waals surface area contributed by atoms with Gasteiger partial charge >= 0.3 is 0 Å². The van der Waals surface area contributed by atoms with Gasteiger partial charge in [0.1, 0.15) is 5.82 Å². The Balaban J connectivity index is 2.04. The van der Waals surface area contributed by atoms with Crippen molar-refractivity contribution in [2.75, 3.05) is 11.4 Å². The minimum Gasteiger partial charge on any atom is -0.351 e. The summed E-state index contributed by atoms with van der Waals surface area (Å²) in [6, 6.07) is 2.32. The molecule has 1 fully saturated rings. The Morgan fingerprint density at radius 2 is 2.05 bits per heavy atom. The number of rotatable bonds is 2. The van der Waals surface area contributed by atoms with Gasteiger partial charge in [-0.15, -0.1) is 0 Å². The molecule has 1 aliphatic heterocycles. The molecule has 0 bridgehead atoms. The smallest absolute Gasteiger partial charge is 0.133 e. The van der Waals surface area contributed by atoms with Crippen LogP contribution >= 0.6 is 0 Å². The first kappa shape index (κ1) is 12.9. The van der Waals surface area contributed by atoms with Crippen LogP contribution in [0.4, 0.5) is 5.82 Å². The van der Waals surface area contributed by atoms with E-state index in [0.29, 0.717) is 6.54 Å². The number of nitrogens with zero attached hydrogens (tertiary/aromatic N) is 2. The first-order valence-electron chi connectivity index (χ1n) is 7.61. The van der Waals surface area contributed by atoms with Crippen LogP contribution in [0.2, 0.25) is 0 Å². The molecule has 3 rings (SSSR count). The Labute approximate surface area is 116 Å². The molecule has 3 nitrogen and oxygen atoms in total. The summed E-state index contributed by atoms with van der Waals surface area (Å²) in [5.41, 5.74) is 10.2. The molecule has 2 aliphatic rings. The van der Waals surface area contributed by atoms with Gasteiger partial charge in [0.05, 0.1) is 0 Å². The fraction of sp³-hybridized carbons (Fsp3) is 0.688. The van der Waals surface area contributed by atoms with Crippen molar-refractivity contribution in [1.29, 1.82) is 0 Å². The standard InChI is InChI=1S/C16H25N3/c1-16(2)8-5-9-19(16)15-13(11-17)10-12-6-3-4-7-14(12)18-15/h10H,3-9,11,17H2,1-2H3. The Hall–Kier alpha value is -1.09. The number of aryl methyl sites for hydroxylation is 2. The summed E-state index contributed by atoms with van der Waals surface area (Å²) in [7, 11) is 0. The van der Waals surface area contributed by atoms with E-state index in [1.807, 2.05) is 0 Å². The van der Waals surface area contributed by atoms with Crippen molar-refractivity contribution in [3.63, 3.8) is 0 Å². The van der Waals surface area contributed by atoms with E-state index in [-0.39, 0.29) is 5.54 Å². The van der Waals surface area contributed by atoms with E-state index in [9.17, 15) is 0 Å². The third-order valence-electron chi connectivity index (χ3n) is 4.73. The summed E-state index contributed by atoms with van der Waals surface area (Å²) in [6.07, 6.45) is 7.41. The molecule has 3 heteroatoms. The molecule has 0 atom stereocenters. The molecule has 0 radical (unpaired) electrons. The summed E-state index contributed by atoms with van der Waals surface area (Å²) in [5, 5.41) is 0. The lowest BCUT2D eigenvalue weighted by Gasteiger charge is -2.35. The maximum atomic E-state index is 5.97. The predicted molar refractivity (Wildman–Crippen MR) is 79.4 cm³/mol. The second-order valence-electron chi connectivity index (χ2n) is 6.56. The van der Waals surface area contributed by atoms with Crippen LogP contribution in [0.3, 0.4) is 0 Å². The average Bonchev–Trinajstić information content (AvgIpc) is 2.76. The van der Waals surface area contributed by atoms with Gasteiger partial charge in [0.25, 0.3) is 0 Å². The SMILES string of the molecule is CC1(C)CCCN1c1nc2c(cc1CN)CCCC2. The second kappa shape index (κ2) is 4.78. The average molecular weight is 259 g/mol. The van der Waals surface area contributed by atoms with Gasteiger partial charge < -0.3 is 10.6 Å². The minimum atomic E-state index is 0.222. The molecule has 1 aliphatic carbocycles. The highest BCUT2D eigenvalue weighted by molar-refractivity contribution is 5.53. The third kappa shape index (κ3) is 2.25. The fourth-order valence-corrected chi connectivity index (χ4v) is 3.55. The maximum absolute atomic E-state index is 5.97. The number of fused-ring (bicyclic) bond motifs is 1. The zero-order valence-corrected chi connectivity index (χ0v) is 12.2. The van der Waals surface area contributed by atoms with Crippen molar-refractivity contribution in [1.82, 2.24) is 4.98 Å². The normalized spacial score (nSPS) is 21.5. The van der Waals surface area contributed by atoms with E-state index in [2.05, 4.69) is 24.8 Å². The van der Waals surface area contributed by atoms with Gasteiger partial charge in [-0.2, -0.15) is 0 Å². The van der Waals surface area contributed by atoms with Gasteiger partial charge in [0, 0.05) is 29.9 Å². The first-order chi connectivity index (χ1) is 9.12. The van der Waals surface area contributed by atoms with E-state index < -0.39 is 0 Å². The van der Waals surface area contributed by atoms with E-state index in [1.54, 1.807) is 0 Å².